The van der Waals surface area contributed by atoms with Crippen molar-refractivity contribution in [2.24, 2.45) is 0 Å². The van der Waals surface area contributed by atoms with Gasteiger partial charge in [0, 0.05) is 39.1 Å². The van der Waals surface area contributed by atoms with Gasteiger partial charge in [-0.2, -0.15) is 0 Å². The largest absolute Gasteiger partial charge is 0.366 e. The van der Waals surface area contributed by atoms with Crippen molar-refractivity contribution in [1.82, 2.24) is 14.5 Å². The van der Waals surface area contributed by atoms with E-state index in [0.717, 1.165) is 4.57 Å². The molecule has 0 unspecified atom stereocenters. The lowest BCUT2D eigenvalue weighted by Gasteiger charge is -2.36. The summed E-state index contributed by atoms with van der Waals surface area (Å²) in [6, 6.07) is 13.4. The lowest BCUT2D eigenvalue weighted by molar-refractivity contribution is -0.131. The molecule has 0 radical (unpaired) electrons. The Morgan fingerprint density at radius 1 is 0.966 bits per heavy atom. The molecule has 1 N–H and O–H groups in total. The minimum absolute atomic E-state index is 0.0192. The predicted octanol–water partition coefficient (Wildman–Crippen LogP) is 1.57. The summed E-state index contributed by atoms with van der Waals surface area (Å²) in [5, 5.41) is 0.415. The van der Waals surface area contributed by atoms with Crippen molar-refractivity contribution in [2.45, 2.75) is 13.0 Å². The number of rotatable bonds is 4. The molecular weight excluding hydrogens is 375 g/mol. The summed E-state index contributed by atoms with van der Waals surface area (Å²) in [6.45, 7) is 2.02. The van der Waals surface area contributed by atoms with Gasteiger partial charge >= 0.3 is 5.69 Å². The molecule has 1 aromatic heterocycles. The molecule has 7 nitrogen and oxygen atoms in total. The molecule has 0 aliphatic carbocycles. The molecule has 1 amide bonds. The highest BCUT2D eigenvalue weighted by atomic mass is 19.1. The minimum Gasteiger partial charge on any atom is -0.366 e. The summed E-state index contributed by atoms with van der Waals surface area (Å²) in [7, 11) is 0. The summed E-state index contributed by atoms with van der Waals surface area (Å²) >= 11 is 0. The van der Waals surface area contributed by atoms with Gasteiger partial charge in [-0.05, 0) is 24.3 Å². The molecule has 1 aliphatic rings. The highest BCUT2D eigenvalue weighted by Gasteiger charge is 2.22. The van der Waals surface area contributed by atoms with E-state index >= 15 is 0 Å². The number of hydrogen-bond donors (Lipinski definition) is 1. The molecule has 0 spiro atoms. The standard InChI is InChI=1S/C21H21FN4O3/c22-16-6-2-4-8-18(16)24-11-13-25(14-12-24)19(27)9-10-26-20(28)15-5-1-3-7-17(15)23-21(26)29/h1-8H,9-14H2,(H,23,29). The molecule has 2 heterocycles. The number of amides is 1. The summed E-state index contributed by atoms with van der Waals surface area (Å²) in [4.78, 5) is 43.6. The molecule has 2 aromatic carbocycles. The topological polar surface area (TPSA) is 78.4 Å². The number of anilines is 1. The molecule has 3 aromatic rings. The second kappa shape index (κ2) is 7.90. The first kappa shape index (κ1) is 18.9. The van der Waals surface area contributed by atoms with Crippen molar-refractivity contribution >= 4 is 22.5 Å². The summed E-state index contributed by atoms with van der Waals surface area (Å²) in [5.74, 6) is -0.403. The number of hydrogen-bond acceptors (Lipinski definition) is 4. The zero-order chi connectivity index (χ0) is 20.4. The Morgan fingerprint density at radius 3 is 2.41 bits per heavy atom. The van der Waals surface area contributed by atoms with E-state index in [1.54, 1.807) is 47.4 Å². The van der Waals surface area contributed by atoms with Crippen LogP contribution in [0.3, 0.4) is 0 Å². The maximum atomic E-state index is 13.9. The van der Waals surface area contributed by atoms with Crippen molar-refractivity contribution < 1.29 is 9.18 Å². The molecule has 8 heteroatoms. The van der Waals surface area contributed by atoms with Gasteiger partial charge in [0.2, 0.25) is 5.91 Å². The number of benzene rings is 2. The van der Waals surface area contributed by atoms with E-state index in [2.05, 4.69) is 4.98 Å². The molecule has 1 fully saturated rings. The van der Waals surface area contributed by atoms with Crippen LogP contribution >= 0.6 is 0 Å². The van der Waals surface area contributed by atoms with Crippen LogP contribution in [0.5, 0.6) is 0 Å². The summed E-state index contributed by atoms with van der Waals surface area (Å²) in [5.41, 5.74) is 0.0931. The van der Waals surface area contributed by atoms with Gasteiger partial charge in [0.25, 0.3) is 5.56 Å². The molecule has 0 saturated carbocycles. The number of aromatic nitrogens is 2. The Kier molecular flexibility index (Phi) is 5.16. The van der Waals surface area contributed by atoms with Gasteiger partial charge in [0.05, 0.1) is 16.6 Å². The predicted molar refractivity (Wildman–Crippen MR) is 109 cm³/mol. The van der Waals surface area contributed by atoms with Gasteiger partial charge in [0.1, 0.15) is 5.82 Å². The van der Waals surface area contributed by atoms with Crippen LogP contribution in [-0.2, 0) is 11.3 Å². The van der Waals surface area contributed by atoms with Crippen molar-refractivity contribution in [3.05, 3.63) is 75.2 Å². The van der Waals surface area contributed by atoms with E-state index in [4.69, 9.17) is 0 Å². The number of aromatic amines is 1. The molecule has 1 aliphatic heterocycles. The first-order valence-corrected chi connectivity index (χ1v) is 9.54. The second-order valence-electron chi connectivity index (χ2n) is 7.00. The van der Waals surface area contributed by atoms with E-state index in [1.807, 2.05) is 4.90 Å². The fourth-order valence-corrected chi connectivity index (χ4v) is 3.67. The molecule has 1 saturated heterocycles. The molecule has 0 atom stereocenters. The number of nitrogens with one attached hydrogen (secondary N) is 1. The Morgan fingerprint density at radius 2 is 1.66 bits per heavy atom. The number of fused-ring (bicyclic) bond motifs is 1. The third-order valence-electron chi connectivity index (χ3n) is 5.26. The first-order chi connectivity index (χ1) is 14.0. The van der Waals surface area contributed by atoms with E-state index in [-0.39, 0.29) is 24.7 Å². The van der Waals surface area contributed by atoms with Crippen molar-refractivity contribution in [2.75, 3.05) is 31.1 Å². The van der Waals surface area contributed by atoms with Crippen LogP contribution < -0.4 is 16.1 Å². The fourth-order valence-electron chi connectivity index (χ4n) is 3.67. The van der Waals surface area contributed by atoms with Crippen LogP contribution in [-0.4, -0.2) is 46.5 Å². The number of carbonyl (C=O) groups excluding carboxylic acids is 1. The Hall–Kier alpha value is -3.42. The smallest absolute Gasteiger partial charge is 0.328 e. The summed E-state index contributed by atoms with van der Waals surface area (Å²) in [6.07, 6.45) is 0.0566. The highest BCUT2D eigenvalue weighted by molar-refractivity contribution is 5.78. The van der Waals surface area contributed by atoms with Crippen LogP contribution in [0.2, 0.25) is 0 Å². The lowest BCUT2D eigenvalue weighted by Crippen LogP contribution is -2.49. The van der Waals surface area contributed by atoms with Crippen LogP contribution in [0.1, 0.15) is 6.42 Å². The number of piperazine rings is 1. The fraction of sp³-hybridized carbons (Fsp3) is 0.286. The zero-order valence-electron chi connectivity index (χ0n) is 15.8. The zero-order valence-corrected chi connectivity index (χ0v) is 15.8. The van der Waals surface area contributed by atoms with E-state index in [9.17, 15) is 18.8 Å². The third-order valence-corrected chi connectivity index (χ3v) is 5.26. The van der Waals surface area contributed by atoms with E-state index in [0.29, 0.717) is 42.8 Å². The summed E-state index contributed by atoms with van der Waals surface area (Å²) < 4.78 is 15.0. The lowest BCUT2D eigenvalue weighted by atomic mass is 10.2. The van der Waals surface area contributed by atoms with Gasteiger partial charge in [-0.15, -0.1) is 0 Å². The third kappa shape index (κ3) is 3.78. The maximum absolute atomic E-state index is 13.9. The van der Waals surface area contributed by atoms with Crippen molar-refractivity contribution in [3.63, 3.8) is 0 Å². The van der Waals surface area contributed by atoms with Gasteiger partial charge in [-0.1, -0.05) is 24.3 Å². The number of carbonyl (C=O) groups is 1. The van der Waals surface area contributed by atoms with Gasteiger partial charge < -0.3 is 14.8 Å². The van der Waals surface area contributed by atoms with Crippen molar-refractivity contribution in [3.8, 4) is 0 Å². The molecule has 4 rings (SSSR count). The molecule has 150 valence electrons. The number of para-hydroxylation sites is 2. The van der Waals surface area contributed by atoms with Gasteiger partial charge in [-0.25, -0.2) is 9.18 Å². The SMILES string of the molecule is O=C(CCn1c(=O)[nH]c2ccccc2c1=O)N1CCN(c2ccccc2F)CC1. The average molecular weight is 396 g/mol. The highest BCUT2D eigenvalue weighted by Crippen LogP contribution is 2.20. The van der Waals surface area contributed by atoms with Crippen LogP contribution in [0.25, 0.3) is 10.9 Å². The maximum Gasteiger partial charge on any atom is 0.328 e. The van der Waals surface area contributed by atoms with Crippen LogP contribution in [0, 0.1) is 5.82 Å². The number of H-pyrrole nitrogens is 1. The van der Waals surface area contributed by atoms with Gasteiger partial charge in [-0.3, -0.25) is 14.2 Å². The number of halogens is 1. The van der Waals surface area contributed by atoms with Crippen LogP contribution in [0.15, 0.2) is 58.1 Å². The number of nitrogens with zero attached hydrogens (tertiary/aromatic N) is 3. The average Bonchev–Trinajstić information content (AvgIpc) is 2.74. The van der Waals surface area contributed by atoms with Crippen LogP contribution in [0.4, 0.5) is 10.1 Å². The normalized spacial score (nSPS) is 14.4. The Balaban J connectivity index is 1.40. The van der Waals surface area contributed by atoms with Crippen molar-refractivity contribution in [1.29, 1.82) is 0 Å². The Bertz CT molecular complexity index is 1160. The first-order valence-electron chi connectivity index (χ1n) is 9.54. The monoisotopic (exact) mass is 396 g/mol. The molecule has 29 heavy (non-hydrogen) atoms. The molecule has 0 bridgehead atoms. The quantitative estimate of drug-likeness (QED) is 0.726. The Labute approximate surface area is 166 Å². The van der Waals surface area contributed by atoms with Gasteiger partial charge in [0.15, 0.2) is 0 Å². The molecular formula is C21H21FN4O3. The van der Waals surface area contributed by atoms with E-state index < -0.39 is 11.2 Å². The second-order valence-corrected chi connectivity index (χ2v) is 7.00. The minimum atomic E-state index is -0.522. The van der Waals surface area contributed by atoms with E-state index in [1.165, 1.54) is 6.07 Å².